The Morgan fingerprint density at radius 2 is 1.70 bits per heavy atom. The molecule has 0 aromatic rings. The molecule has 0 radical (unpaired) electrons. The second-order valence-corrected chi connectivity index (χ2v) is 10.8. The van der Waals surface area contributed by atoms with Gasteiger partial charge >= 0.3 is 5.97 Å². The van der Waals surface area contributed by atoms with Gasteiger partial charge in [0.2, 0.25) is 6.29 Å². The van der Waals surface area contributed by atoms with E-state index in [0.717, 1.165) is 25.7 Å². The third kappa shape index (κ3) is 8.04. The third-order valence-electron chi connectivity index (χ3n) is 6.69. The van der Waals surface area contributed by atoms with E-state index in [-0.39, 0.29) is 13.0 Å². The number of aliphatic hydroxyl groups excluding tert-OH is 4. The predicted molar refractivity (Wildman–Crippen MR) is 127 cm³/mol. The maximum absolute atomic E-state index is 12.5. The molecule has 3 heterocycles. The maximum Gasteiger partial charge on any atom is 0.306 e. The standard InChI is InChI=1S/C25H44O12/c1-6-7-8-9-10-11-16(27)33-20-18(29)17(28)14(12-26)32-23(20)34-22(30)21-19(36-25(4,5)37-21)15-13-31-24(2,3)35-15/h14-15,17-23,26,28-30H,6-13H2,1-5H3/t14-,15+,17-,18+,19-,20+,21-,22?,23+/m1/s1. The van der Waals surface area contributed by atoms with Gasteiger partial charge in [-0.15, -0.1) is 0 Å². The Labute approximate surface area is 218 Å². The Bertz CT molecular complexity index is 730. The molecule has 0 aromatic carbocycles. The van der Waals surface area contributed by atoms with Crippen LogP contribution in [0.3, 0.4) is 0 Å². The first-order valence-corrected chi connectivity index (χ1v) is 13.2. The van der Waals surface area contributed by atoms with Crippen molar-refractivity contribution in [1.29, 1.82) is 0 Å². The molecule has 3 rings (SSSR count). The minimum absolute atomic E-state index is 0.117. The Morgan fingerprint density at radius 1 is 1.00 bits per heavy atom. The van der Waals surface area contributed by atoms with Crippen molar-refractivity contribution in [1.82, 2.24) is 0 Å². The van der Waals surface area contributed by atoms with Crippen molar-refractivity contribution in [2.75, 3.05) is 13.2 Å². The highest BCUT2D eigenvalue weighted by molar-refractivity contribution is 5.69. The molecule has 12 heteroatoms. The molecule has 12 nitrogen and oxygen atoms in total. The molecule has 0 bridgehead atoms. The van der Waals surface area contributed by atoms with Gasteiger partial charge in [-0.25, -0.2) is 0 Å². The molecule has 0 saturated carbocycles. The summed E-state index contributed by atoms with van der Waals surface area (Å²) in [4.78, 5) is 12.5. The molecule has 3 fully saturated rings. The average molecular weight is 537 g/mol. The van der Waals surface area contributed by atoms with E-state index in [9.17, 15) is 25.2 Å². The summed E-state index contributed by atoms with van der Waals surface area (Å²) < 4.78 is 40.1. The predicted octanol–water partition coefficient (Wildman–Crippen LogP) is 0.704. The van der Waals surface area contributed by atoms with Gasteiger partial charge in [-0.2, -0.15) is 0 Å². The van der Waals surface area contributed by atoms with Crippen molar-refractivity contribution >= 4 is 5.97 Å². The van der Waals surface area contributed by atoms with E-state index in [4.69, 9.17) is 33.2 Å². The summed E-state index contributed by atoms with van der Waals surface area (Å²) in [6.45, 7) is 8.55. The Morgan fingerprint density at radius 3 is 2.32 bits per heavy atom. The van der Waals surface area contributed by atoms with E-state index in [1.54, 1.807) is 27.7 Å². The number of esters is 1. The molecular weight excluding hydrogens is 492 g/mol. The highest BCUT2D eigenvalue weighted by atomic mass is 16.8. The molecule has 0 spiro atoms. The molecule has 0 aromatic heterocycles. The van der Waals surface area contributed by atoms with E-state index >= 15 is 0 Å². The lowest BCUT2D eigenvalue weighted by atomic mass is 9.99. The maximum atomic E-state index is 12.5. The Balaban J connectivity index is 1.69. The topological polar surface area (TPSA) is 163 Å². The van der Waals surface area contributed by atoms with Gasteiger partial charge in [0.05, 0.1) is 13.2 Å². The van der Waals surface area contributed by atoms with Crippen molar-refractivity contribution < 1.29 is 58.4 Å². The molecule has 3 aliphatic rings. The van der Waals surface area contributed by atoms with Crippen LogP contribution in [0.5, 0.6) is 0 Å². The van der Waals surface area contributed by atoms with Crippen LogP contribution in [0.2, 0.25) is 0 Å². The van der Waals surface area contributed by atoms with Crippen molar-refractivity contribution in [2.24, 2.45) is 0 Å². The van der Waals surface area contributed by atoms with Crippen LogP contribution in [-0.4, -0.2) is 106 Å². The Hall–Kier alpha value is -0.930. The van der Waals surface area contributed by atoms with Crippen molar-refractivity contribution in [2.45, 2.75) is 140 Å². The van der Waals surface area contributed by atoms with Gasteiger partial charge in [-0.1, -0.05) is 32.6 Å². The van der Waals surface area contributed by atoms with Crippen LogP contribution in [0.15, 0.2) is 0 Å². The number of unbranched alkanes of at least 4 members (excludes halogenated alkanes) is 4. The second kappa shape index (κ2) is 12.9. The number of aliphatic hydroxyl groups is 4. The number of hydrogen-bond donors (Lipinski definition) is 4. The molecular formula is C25H44O12. The van der Waals surface area contributed by atoms with Crippen LogP contribution in [-0.2, 0) is 38.0 Å². The molecule has 3 aliphatic heterocycles. The lowest BCUT2D eigenvalue weighted by molar-refractivity contribution is -0.345. The lowest BCUT2D eigenvalue weighted by Gasteiger charge is -2.42. The van der Waals surface area contributed by atoms with Crippen molar-refractivity contribution in [3.63, 3.8) is 0 Å². The van der Waals surface area contributed by atoms with Crippen LogP contribution < -0.4 is 0 Å². The first-order chi connectivity index (χ1) is 17.4. The zero-order valence-corrected chi connectivity index (χ0v) is 22.4. The molecule has 4 N–H and O–H groups in total. The minimum Gasteiger partial charge on any atom is -0.454 e. The van der Waals surface area contributed by atoms with Gasteiger partial charge in [0, 0.05) is 6.42 Å². The molecule has 3 saturated heterocycles. The summed E-state index contributed by atoms with van der Waals surface area (Å²) in [7, 11) is 0. The van der Waals surface area contributed by atoms with E-state index in [2.05, 4.69) is 6.92 Å². The van der Waals surface area contributed by atoms with Gasteiger partial charge < -0.3 is 53.6 Å². The van der Waals surface area contributed by atoms with E-state index in [1.807, 2.05) is 0 Å². The van der Waals surface area contributed by atoms with E-state index in [1.165, 1.54) is 0 Å². The number of carbonyl (C=O) groups excluding carboxylic acids is 1. The SMILES string of the molecule is CCCCCCCC(=O)O[C@@H]1[C@H](OC(O)[C@@H]2OC(C)(C)O[C@@H]2[C@@H]2COC(C)(C)O2)O[C@H](CO)[C@@H](O)[C@@H]1O. The largest absolute Gasteiger partial charge is 0.454 e. The molecule has 216 valence electrons. The van der Waals surface area contributed by atoms with E-state index in [0.29, 0.717) is 6.42 Å². The van der Waals surface area contributed by atoms with Gasteiger partial charge in [0.25, 0.3) is 0 Å². The summed E-state index contributed by atoms with van der Waals surface area (Å²) >= 11 is 0. The van der Waals surface area contributed by atoms with Gasteiger partial charge in [0.1, 0.15) is 36.6 Å². The summed E-state index contributed by atoms with van der Waals surface area (Å²) in [5.41, 5.74) is 0. The normalized spacial score (nSPS) is 38.0. The van der Waals surface area contributed by atoms with Crippen LogP contribution in [0.1, 0.15) is 73.1 Å². The number of rotatable bonds is 12. The molecule has 0 aliphatic carbocycles. The van der Waals surface area contributed by atoms with Gasteiger partial charge in [-0.05, 0) is 34.1 Å². The van der Waals surface area contributed by atoms with Crippen LogP contribution in [0, 0.1) is 0 Å². The van der Waals surface area contributed by atoms with Crippen LogP contribution >= 0.6 is 0 Å². The zero-order valence-electron chi connectivity index (χ0n) is 22.4. The first kappa shape index (κ1) is 30.6. The smallest absolute Gasteiger partial charge is 0.306 e. The fourth-order valence-corrected chi connectivity index (χ4v) is 4.79. The second-order valence-electron chi connectivity index (χ2n) is 10.8. The molecule has 9 atom stereocenters. The monoisotopic (exact) mass is 536 g/mol. The highest BCUT2D eigenvalue weighted by Crippen LogP contribution is 2.38. The molecule has 1 unspecified atom stereocenters. The molecule has 0 amide bonds. The summed E-state index contributed by atoms with van der Waals surface area (Å²) in [6.07, 6.45) is -6.63. The molecule has 37 heavy (non-hydrogen) atoms. The quantitative estimate of drug-likeness (QED) is 0.157. The average Bonchev–Trinajstić information content (AvgIpc) is 3.36. The van der Waals surface area contributed by atoms with Crippen LogP contribution in [0.4, 0.5) is 0 Å². The summed E-state index contributed by atoms with van der Waals surface area (Å²) in [5, 5.41) is 41.6. The summed E-state index contributed by atoms with van der Waals surface area (Å²) in [5.74, 6) is -2.51. The number of ether oxygens (including phenoxy) is 7. The zero-order chi connectivity index (χ0) is 27.4. The third-order valence-corrected chi connectivity index (χ3v) is 6.69. The Kier molecular flexibility index (Phi) is 10.7. The first-order valence-electron chi connectivity index (χ1n) is 13.2. The number of carbonyl (C=O) groups is 1. The highest BCUT2D eigenvalue weighted by Gasteiger charge is 2.54. The van der Waals surface area contributed by atoms with Gasteiger partial charge in [0.15, 0.2) is 24.0 Å². The van der Waals surface area contributed by atoms with Gasteiger partial charge in [-0.3, -0.25) is 4.79 Å². The van der Waals surface area contributed by atoms with Crippen LogP contribution in [0.25, 0.3) is 0 Å². The van der Waals surface area contributed by atoms with Crippen molar-refractivity contribution in [3.05, 3.63) is 0 Å². The minimum atomic E-state index is -1.67. The summed E-state index contributed by atoms with van der Waals surface area (Å²) in [6, 6.07) is 0. The fraction of sp³-hybridized carbons (Fsp3) is 0.960. The van der Waals surface area contributed by atoms with E-state index < -0.39 is 79.5 Å². The van der Waals surface area contributed by atoms with Crippen molar-refractivity contribution in [3.8, 4) is 0 Å². The fourth-order valence-electron chi connectivity index (χ4n) is 4.79. The lowest BCUT2D eigenvalue weighted by Crippen LogP contribution is -2.61. The number of hydrogen-bond acceptors (Lipinski definition) is 12.